The quantitative estimate of drug-likeness (QED) is 0.768. The van der Waals surface area contributed by atoms with E-state index in [1.165, 1.54) is 44.0 Å². The normalized spacial score (nSPS) is 15.8. The van der Waals surface area contributed by atoms with Crippen molar-refractivity contribution in [2.24, 2.45) is 0 Å². The number of benzene rings is 1. The van der Waals surface area contributed by atoms with Gasteiger partial charge in [-0.2, -0.15) is 0 Å². The third kappa shape index (κ3) is 5.62. The Balaban J connectivity index is 0.000000295. The summed E-state index contributed by atoms with van der Waals surface area (Å²) < 4.78 is 0. The van der Waals surface area contributed by atoms with Gasteiger partial charge in [0, 0.05) is 6.92 Å². The minimum absolute atomic E-state index is 0.0810. The Labute approximate surface area is 139 Å². The molecule has 2 rings (SSSR count). The van der Waals surface area contributed by atoms with Gasteiger partial charge in [0.2, 0.25) is 5.91 Å². The van der Waals surface area contributed by atoms with E-state index in [4.69, 9.17) is 11.6 Å². The highest BCUT2D eigenvalue weighted by atomic mass is 35.5. The fraction of sp³-hybridized carbons (Fsp3) is 0.611. The number of aryl methyl sites for hydroxylation is 1. The highest BCUT2D eigenvalue weighted by Crippen LogP contribution is 2.41. The number of rotatable bonds is 5. The molecular weight excluding hydrogens is 296 g/mol. The Bertz CT molecular complexity index is 484. The highest BCUT2D eigenvalue weighted by Gasteiger charge is 2.23. The number of amides is 1. The van der Waals surface area contributed by atoms with E-state index >= 15 is 0 Å². The summed E-state index contributed by atoms with van der Waals surface area (Å²) in [4.78, 5) is 11.0. The summed E-state index contributed by atoms with van der Waals surface area (Å²) in [5.74, 6) is 0.420. The lowest BCUT2D eigenvalue weighted by Gasteiger charge is -2.12. The molecule has 0 saturated carbocycles. The summed E-state index contributed by atoms with van der Waals surface area (Å²) in [6.07, 6.45) is 4.75. The number of anilines is 1. The van der Waals surface area contributed by atoms with Gasteiger partial charge >= 0.3 is 0 Å². The van der Waals surface area contributed by atoms with Crippen molar-refractivity contribution >= 4 is 23.2 Å². The summed E-state index contributed by atoms with van der Waals surface area (Å²) in [5.41, 5.74) is 3.26. The van der Waals surface area contributed by atoms with Crippen LogP contribution in [0, 0.1) is 0 Å². The van der Waals surface area contributed by atoms with Gasteiger partial charge in [-0.05, 0) is 61.9 Å². The minimum Gasteiger partial charge on any atom is -0.325 e. The molecule has 1 unspecified atom stereocenters. The second kappa shape index (κ2) is 9.86. The fourth-order valence-electron chi connectivity index (χ4n) is 2.66. The Hall–Kier alpha value is -1.06. The molecule has 0 fully saturated rings. The van der Waals surface area contributed by atoms with Crippen LogP contribution in [0.15, 0.2) is 12.1 Å². The van der Waals surface area contributed by atoms with Crippen LogP contribution in [-0.4, -0.2) is 19.0 Å². The molecule has 0 aliphatic heterocycles. The molecule has 124 valence electrons. The van der Waals surface area contributed by atoms with Crippen LogP contribution in [0.1, 0.15) is 64.0 Å². The van der Waals surface area contributed by atoms with Crippen LogP contribution in [0.25, 0.3) is 0 Å². The van der Waals surface area contributed by atoms with Crippen LogP contribution in [0.3, 0.4) is 0 Å². The van der Waals surface area contributed by atoms with Crippen LogP contribution >= 0.6 is 11.6 Å². The summed E-state index contributed by atoms with van der Waals surface area (Å²) >= 11 is 6.28. The number of carbonyl (C=O) groups excluding carboxylic acids is 1. The smallest absolute Gasteiger partial charge is 0.221 e. The standard InChI is InChI=1S/C12H14ClNO.C6H15N/c1-7-3-4-9-5-6-10(14-8(2)15)12(13)11(7)9;1-3-5-7-6-4-2/h5-7H,3-4H2,1-2H3,(H,14,15);7H,3-6H2,1-2H3. The average Bonchev–Trinajstić information content (AvgIpc) is 2.85. The van der Waals surface area contributed by atoms with Crippen molar-refractivity contribution in [1.82, 2.24) is 5.32 Å². The summed E-state index contributed by atoms with van der Waals surface area (Å²) in [7, 11) is 0. The number of halogens is 1. The van der Waals surface area contributed by atoms with Gasteiger partial charge in [-0.1, -0.05) is 38.4 Å². The van der Waals surface area contributed by atoms with E-state index in [1.807, 2.05) is 6.07 Å². The molecular formula is C18H29ClN2O. The Morgan fingerprint density at radius 2 is 1.91 bits per heavy atom. The summed E-state index contributed by atoms with van der Waals surface area (Å²) in [5, 5.41) is 6.75. The van der Waals surface area contributed by atoms with Crippen LogP contribution in [0.5, 0.6) is 0 Å². The molecule has 1 aromatic rings. The van der Waals surface area contributed by atoms with Crippen molar-refractivity contribution in [3.63, 3.8) is 0 Å². The summed E-state index contributed by atoms with van der Waals surface area (Å²) in [6, 6.07) is 3.95. The number of fused-ring (bicyclic) bond motifs is 1. The predicted octanol–water partition coefficient (Wildman–Crippen LogP) is 4.74. The van der Waals surface area contributed by atoms with Gasteiger partial charge in [-0.25, -0.2) is 0 Å². The van der Waals surface area contributed by atoms with Gasteiger partial charge in [0.1, 0.15) is 0 Å². The maximum Gasteiger partial charge on any atom is 0.221 e. The molecule has 0 aromatic heterocycles. The molecule has 1 atom stereocenters. The number of hydrogen-bond acceptors (Lipinski definition) is 2. The van der Waals surface area contributed by atoms with E-state index in [0.717, 1.165) is 18.5 Å². The molecule has 0 bridgehead atoms. The number of hydrogen-bond donors (Lipinski definition) is 2. The molecule has 3 nitrogen and oxygen atoms in total. The van der Waals surface area contributed by atoms with Crippen molar-refractivity contribution in [1.29, 1.82) is 0 Å². The topological polar surface area (TPSA) is 41.1 Å². The largest absolute Gasteiger partial charge is 0.325 e. The first-order valence-corrected chi connectivity index (χ1v) is 8.68. The lowest BCUT2D eigenvalue weighted by atomic mass is 10.0. The summed E-state index contributed by atoms with van der Waals surface area (Å²) in [6.45, 7) is 10.4. The SMILES string of the molecule is CC(=O)Nc1ccc2c(c1Cl)C(C)CC2.CCCNCCC. The zero-order valence-electron chi connectivity index (χ0n) is 14.3. The van der Waals surface area contributed by atoms with Crippen molar-refractivity contribution in [3.8, 4) is 0 Å². The Morgan fingerprint density at radius 3 is 2.45 bits per heavy atom. The van der Waals surface area contributed by atoms with Crippen LogP contribution in [0.4, 0.5) is 5.69 Å². The third-order valence-corrected chi connectivity index (χ3v) is 4.18. The first-order valence-electron chi connectivity index (χ1n) is 8.30. The molecule has 1 aliphatic rings. The van der Waals surface area contributed by atoms with Crippen molar-refractivity contribution in [2.45, 2.75) is 59.3 Å². The van der Waals surface area contributed by atoms with Crippen LogP contribution in [-0.2, 0) is 11.2 Å². The molecule has 22 heavy (non-hydrogen) atoms. The van der Waals surface area contributed by atoms with E-state index in [0.29, 0.717) is 10.9 Å². The molecule has 1 aliphatic carbocycles. The fourth-order valence-corrected chi connectivity index (χ4v) is 3.08. The van der Waals surface area contributed by atoms with Gasteiger partial charge in [-0.15, -0.1) is 0 Å². The predicted molar refractivity (Wildman–Crippen MR) is 95.9 cm³/mol. The number of carbonyl (C=O) groups is 1. The maximum absolute atomic E-state index is 11.0. The van der Waals surface area contributed by atoms with E-state index in [1.54, 1.807) is 0 Å². The van der Waals surface area contributed by atoms with Gasteiger partial charge in [0.15, 0.2) is 0 Å². The zero-order chi connectivity index (χ0) is 16.5. The number of nitrogens with one attached hydrogen (secondary N) is 2. The molecule has 1 amide bonds. The lowest BCUT2D eigenvalue weighted by molar-refractivity contribution is -0.114. The average molecular weight is 325 g/mol. The van der Waals surface area contributed by atoms with E-state index in [2.05, 4.69) is 37.5 Å². The van der Waals surface area contributed by atoms with Crippen LogP contribution < -0.4 is 10.6 Å². The maximum atomic E-state index is 11.0. The lowest BCUT2D eigenvalue weighted by Crippen LogP contribution is -2.14. The van der Waals surface area contributed by atoms with Gasteiger partial charge < -0.3 is 10.6 Å². The molecule has 1 aromatic carbocycles. The van der Waals surface area contributed by atoms with Gasteiger partial charge in [0.25, 0.3) is 0 Å². The molecule has 0 spiro atoms. The molecule has 4 heteroatoms. The molecule has 0 heterocycles. The van der Waals surface area contributed by atoms with Gasteiger partial charge in [-0.3, -0.25) is 4.79 Å². The van der Waals surface area contributed by atoms with Crippen molar-refractivity contribution in [3.05, 3.63) is 28.3 Å². The first-order chi connectivity index (χ1) is 10.5. The Kier molecular flexibility index (Phi) is 8.51. The van der Waals surface area contributed by atoms with E-state index in [-0.39, 0.29) is 5.91 Å². The van der Waals surface area contributed by atoms with E-state index in [9.17, 15) is 4.79 Å². The molecule has 0 radical (unpaired) electrons. The second-order valence-electron chi connectivity index (χ2n) is 5.87. The van der Waals surface area contributed by atoms with E-state index < -0.39 is 0 Å². The third-order valence-electron chi connectivity index (χ3n) is 3.77. The highest BCUT2D eigenvalue weighted by molar-refractivity contribution is 6.34. The van der Waals surface area contributed by atoms with Crippen molar-refractivity contribution in [2.75, 3.05) is 18.4 Å². The Morgan fingerprint density at radius 1 is 1.27 bits per heavy atom. The van der Waals surface area contributed by atoms with Crippen LogP contribution in [0.2, 0.25) is 5.02 Å². The van der Waals surface area contributed by atoms with Gasteiger partial charge in [0.05, 0.1) is 10.7 Å². The van der Waals surface area contributed by atoms with Crippen molar-refractivity contribution < 1.29 is 4.79 Å². The minimum atomic E-state index is -0.0810. The monoisotopic (exact) mass is 324 g/mol. The molecule has 2 N–H and O–H groups in total. The zero-order valence-corrected chi connectivity index (χ0v) is 15.0. The first kappa shape index (κ1) is 19.0. The second-order valence-corrected chi connectivity index (χ2v) is 6.25. The molecule has 0 saturated heterocycles.